The molecule has 1 fully saturated rings. The van der Waals surface area contributed by atoms with Crippen molar-refractivity contribution in [3.8, 4) is 0 Å². The maximum Gasteiger partial charge on any atom is 0.203 e. The summed E-state index contributed by atoms with van der Waals surface area (Å²) in [6.07, 6.45) is 1.79. The average Bonchev–Trinajstić information content (AvgIpc) is 2.65. The first-order chi connectivity index (χ1) is 8.02. The van der Waals surface area contributed by atoms with Crippen LogP contribution in [0, 0.1) is 11.7 Å². The third kappa shape index (κ3) is 2.32. The van der Waals surface area contributed by atoms with Gasteiger partial charge in [-0.2, -0.15) is 0 Å². The Labute approximate surface area is 104 Å². The van der Waals surface area contributed by atoms with Gasteiger partial charge in [0.05, 0.1) is 12.7 Å². The van der Waals surface area contributed by atoms with Crippen LogP contribution in [0.5, 0.6) is 0 Å². The highest BCUT2D eigenvalue weighted by Gasteiger charge is 2.33. The molecule has 17 heavy (non-hydrogen) atoms. The van der Waals surface area contributed by atoms with E-state index >= 15 is 0 Å². The zero-order valence-electron chi connectivity index (χ0n) is 9.54. The van der Waals surface area contributed by atoms with Gasteiger partial charge >= 0.3 is 0 Å². The van der Waals surface area contributed by atoms with Crippen LogP contribution >= 0.6 is 12.2 Å². The second-order valence-electron chi connectivity index (χ2n) is 4.21. The van der Waals surface area contributed by atoms with E-state index in [9.17, 15) is 0 Å². The molecule has 2 rings (SSSR count). The number of rotatable bonds is 2. The summed E-state index contributed by atoms with van der Waals surface area (Å²) in [5.41, 5.74) is 12.4. The van der Waals surface area contributed by atoms with Crippen LogP contribution < -0.4 is 11.5 Å². The van der Waals surface area contributed by atoms with Crippen molar-refractivity contribution in [2.45, 2.75) is 31.7 Å². The molecule has 0 amide bonds. The van der Waals surface area contributed by atoms with Gasteiger partial charge in [-0.1, -0.05) is 0 Å². The quantitative estimate of drug-likeness (QED) is 0.650. The van der Waals surface area contributed by atoms with Crippen molar-refractivity contribution >= 4 is 18.0 Å². The lowest BCUT2D eigenvalue weighted by Crippen LogP contribution is -2.32. The summed E-state index contributed by atoms with van der Waals surface area (Å²) in [4.78, 5) is 4.07. The molecular formula is C10H16N4O2S. The number of aromatic nitrogens is 2. The van der Waals surface area contributed by atoms with Crippen molar-refractivity contribution in [3.05, 3.63) is 16.5 Å². The number of aliphatic hydroxyl groups excluding tert-OH is 1. The van der Waals surface area contributed by atoms with Crippen molar-refractivity contribution in [2.24, 2.45) is 5.73 Å². The van der Waals surface area contributed by atoms with Gasteiger partial charge < -0.3 is 21.3 Å². The number of hydrogen-bond acceptors (Lipinski definition) is 6. The normalized spacial score (nSPS) is 28.5. The van der Waals surface area contributed by atoms with E-state index in [-0.39, 0.29) is 25.0 Å². The minimum atomic E-state index is -0.347. The Hall–Kier alpha value is -1.02. The maximum atomic E-state index is 9.09. The minimum Gasteiger partial charge on any atom is -0.394 e. The molecule has 5 N–H and O–H groups in total. The van der Waals surface area contributed by atoms with E-state index in [1.54, 1.807) is 4.57 Å². The van der Waals surface area contributed by atoms with Crippen LogP contribution in [-0.4, -0.2) is 33.4 Å². The van der Waals surface area contributed by atoms with Gasteiger partial charge in [-0.05, 0) is 19.1 Å². The van der Waals surface area contributed by atoms with Gasteiger partial charge in [0, 0.05) is 24.2 Å². The number of nitrogen functional groups attached to an aromatic ring is 1. The van der Waals surface area contributed by atoms with Crippen molar-refractivity contribution in [1.29, 1.82) is 0 Å². The highest BCUT2D eigenvalue weighted by Crippen LogP contribution is 2.28. The Morgan fingerprint density at radius 1 is 1.71 bits per heavy atom. The van der Waals surface area contributed by atoms with Crippen LogP contribution in [0.1, 0.15) is 18.2 Å². The second-order valence-corrected chi connectivity index (χ2v) is 4.58. The molecule has 1 aromatic heterocycles. The number of anilines is 1. The van der Waals surface area contributed by atoms with Crippen molar-refractivity contribution in [1.82, 2.24) is 9.55 Å². The fraction of sp³-hybridized carbons (Fsp3) is 0.600. The topological polar surface area (TPSA) is 99.3 Å². The molecule has 1 aliphatic heterocycles. The van der Waals surface area contributed by atoms with E-state index in [1.165, 1.54) is 0 Å². The second kappa shape index (κ2) is 4.69. The van der Waals surface area contributed by atoms with Gasteiger partial charge in [0.15, 0.2) is 0 Å². The first-order valence-electron chi connectivity index (χ1n) is 5.40. The van der Waals surface area contributed by atoms with Gasteiger partial charge in [-0.15, -0.1) is 0 Å². The van der Waals surface area contributed by atoms with E-state index in [2.05, 4.69) is 4.98 Å². The van der Waals surface area contributed by atoms with Crippen molar-refractivity contribution < 1.29 is 9.84 Å². The average molecular weight is 256 g/mol. The lowest BCUT2D eigenvalue weighted by Gasteiger charge is -2.16. The molecule has 7 heteroatoms. The fourth-order valence-corrected chi connectivity index (χ4v) is 2.15. The summed E-state index contributed by atoms with van der Waals surface area (Å²) in [6, 6.07) is -0.190. The van der Waals surface area contributed by atoms with Gasteiger partial charge in [0.2, 0.25) is 4.77 Å². The minimum absolute atomic E-state index is 0.0909. The van der Waals surface area contributed by atoms with Gasteiger partial charge in [-0.25, -0.2) is 4.98 Å². The summed E-state index contributed by atoms with van der Waals surface area (Å²) >= 11 is 5.14. The number of aliphatic hydroxyl groups is 1. The van der Waals surface area contributed by atoms with Gasteiger partial charge in [0.25, 0.3) is 0 Å². The largest absolute Gasteiger partial charge is 0.394 e. The summed E-state index contributed by atoms with van der Waals surface area (Å²) in [5, 5.41) is 9.09. The Morgan fingerprint density at radius 2 is 2.41 bits per heavy atom. The summed E-state index contributed by atoms with van der Waals surface area (Å²) in [6.45, 7) is 1.76. The monoisotopic (exact) mass is 256 g/mol. The van der Waals surface area contributed by atoms with Gasteiger partial charge in [-0.3, -0.25) is 4.57 Å². The van der Waals surface area contributed by atoms with Crippen LogP contribution in [-0.2, 0) is 4.74 Å². The molecule has 0 saturated carbocycles. The predicted octanol–water partition coefficient (Wildman–Crippen LogP) is 0.110. The Balaban J connectivity index is 2.30. The number of aryl methyl sites for hydroxylation is 1. The molecule has 0 bridgehead atoms. The molecule has 0 aromatic carbocycles. The molecule has 1 saturated heterocycles. The first kappa shape index (κ1) is 12.4. The SMILES string of the molecule is Cc1cn([C@H]2C[C@H](N)[C@@H](CO)O2)c(=S)nc1N. The van der Waals surface area contributed by atoms with E-state index in [4.69, 9.17) is 33.5 Å². The number of hydrogen-bond donors (Lipinski definition) is 3. The maximum absolute atomic E-state index is 9.09. The van der Waals surface area contributed by atoms with E-state index in [1.807, 2.05) is 13.1 Å². The van der Waals surface area contributed by atoms with Crippen LogP contribution in [0.25, 0.3) is 0 Å². The smallest absolute Gasteiger partial charge is 0.203 e. The van der Waals surface area contributed by atoms with Crippen molar-refractivity contribution in [3.63, 3.8) is 0 Å². The molecule has 1 aliphatic rings. The molecule has 94 valence electrons. The third-order valence-corrected chi connectivity index (χ3v) is 3.25. The molecule has 6 nitrogen and oxygen atoms in total. The third-order valence-electron chi connectivity index (χ3n) is 2.95. The highest BCUT2D eigenvalue weighted by molar-refractivity contribution is 7.71. The van der Waals surface area contributed by atoms with E-state index < -0.39 is 0 Å². The predicted molar refractivity (Wildman–Crippen MR) is 65.8 cm³/mol. The molecule has 3 atom stereocenters. The van der Waals surface area contributed by atoms with E-state index in [0.29, 0.717) is 17.0 Å². The van der Waals surface area contributed by atoms with E-state index in [0.717, 1.165) is 5.56 Å². The lowest BCUT2D eigenvalue weighted by atomic mass is 10.1. The molecule has 0 spiro atoms. The first-order valence-corrected chi connectivity index (χ1v) is 5.81. The lowest BCUT2D eigenvalue weighted by molar-refractivity contribution is -0.0262. The molecule has 2 heterocycles. The molecular weight excluding hydrogens is 240 g/mol. The molecule has 0 radical (unpaired) electrons. The Kier molecular flexibility index (Phi) is 3.43. The van der Waals surface area contributed by atoms with Crippen molar-refractivity contribution in [2.75, 3.05) is 12.3 Å². The van der Waals surface area contributed by atoms with Crippen LogP contribution in [0.2, 0.25) is 0 Å². The Bertz CT molecular complexity index is 476. The standard InChI is InChI=1S/C10H16N4O2S/c1-5-3-14(10(17)13-9(5)12)8-2-6(11)7(4-15)16-8/h3,6-8,15H,2,4,11H2,1H3,(H2,12,13,17)/t6-,7+,8+/m0/s1. The molecule has 0 aliphatic carbocycles. The van der Waals surface area contributed by atoms with Crippen LogP contribution in [0.15, 0.2) is 6.20 Å². The molecule has 0 unspecified atom stereocenters. The molecule has 1 aromatic rings. The number of ether oxygens (including phenoxy) is 1. The fourth-order valence-electron chi connectivity index (χ4n) is 1.89. The zero-order chi connectivity index (χ0) is 12.6. The highest BCUT2D eigenvalue weighted by atomic mass is 32.1. The Morgan fingerprint density at radius 3 is 3.00 bits per heavy atom. The summed E-state index contributed by atoms with van der Waals surface area (Å²) in [5.74, 6) is 0.423. The summed E-state index contributed by atoms with van der Waals surface area (Å²) in [7, 11) is 0. The zero-order valence-corrected chi connectivity index (χ0v) is 10.4. The van der Waals surface area contributed by atoms with Crippen LogP contribution in [0.3, 0.4) is 0 Å². The van der Waals surface area contributed by atoms with Crippen LogP contribution in [0.4, 0.5) is 5.82 Å². The van der Waals surface area contributed by atoms with Gasteiger partial charge in [0.1, 0.15) is 12.0 Å². The number of nitrogens with two attached hydrogens (primary N) is 2. The summed E-state index contributed by atoms with van der Waals surface area (Å²) < 4.78 is 7.72. The number of nitrogens with zero attached hydrogens (tertiary/aromatic N) is 2.